The van der Waals surface area contributed by atoms with Gasteiger partial charge in [-0.3, -0.25) is 9.59 Å². The molecule has 0 spiro atoms. The monoisotopic (exact) mass is 283 g/mol. The number of hydrogen-bond donors (Lipinski definition) is 1. The Bertz CT molecular complexity index is 620. The highest BCUT2D eigenvalue weighted by molar-refractivity contribution is 6.08. The fraction of sp³-hybridized carbons (Fsp3) is 0.176. The van der Waals surface area contributed by atoms with Gasteiger partial charge in [0, 0.05) is 11.1 Å². The molecule has 21 heavy (non-hydrogen) atoms. The second-order valence-electron chi connectivity index (χ2n) is 4.73. The molecule has 108 valence electrons. The van der Waals surface area contributed by atoms with Gasteiger partial charge in [-0.05, 0) is 12.0 Å². The van der Waals surface area contributed by atoms with Crippen LogP contribution in [0.15, 0.2) is 54.6 Å². The van der Waals surface area contributed by atoms with Crippen molar-refractivity contribution in [2.45, 2.75) is 12.5 Å². The van der Waals surface area contributed by atoms with E-state index in [-0.39, 0.29) is 5.78 Å². The largest absolute Gasteiger partial charge is 0.468 e. The average Bonchev–Trinajstić information content (AvgIpc) is 2.55. The van der Waals surface area contributed by atoms with Gasteiger partial charge in [0.1, 0.15) is 6.04 Å². The standard InChI is InChI=1S/C17H17NO3/c1-21-17(20)15(18)11-12-7-9-14(10-8-12)16(19)13-5-3-2-4-6-13/h2-10,15H,11,18H2,1H3/t15-/m0/s1. The smallest absolute Gasteiger partial charge is 0.322 e. The lowest BCUT2D eigenvalue weighted by atomic mass is 10.00. The van der Waals surface area contributed by atoms with Crippen LogP contribution in [0.1, 0.15) is 21.5 Å². The molecular weight excluding hydrogens is 266 g/mol. The van der Waals surface area contributed by atoms with Gasteiger partial charge in [0.2, 0.25) is 0 Å². The maximum absolute atomic E-state index is 12.2. The molecule has 2 rings (SSSR count). The van der Waals surface area contributed by atoms with Gasteiger partial charge >= 0.3 is 5.97 Å². The lowest BCUT2D eigenvalue weighted by molar-refractivity contribution is -0.142. The van der Waals surface area contributed by atoms with Crippen molar-refractivity contribution in [3.8, 4) is 0 Å². The number of ketones is 1. The van der Waals surface area contributed by atoms with Crippen molar-refractivity contribution in [1.82, 2.24) is 0 Å². The summed E-state index contributed by atoms with van der Waals surface area (Å²) in [6, 6.07) is 15.5. The fourth-order valence-electron chi connectivity index (χ4n) is 2.04. The van der Waals surface area contributed by atoms with E-state index in [9.17, 15) is 9.59 Å². The number of methoxy groups -OCH3 is 1. The van der Waals surface area contributed by atoms with Gasteiger partial charge in [-0.2, -0.15) is 0 Å². The lowest BCUT2D eigenvalue weighted by Crippen LogP contribution is -2.33. The van der Waals surface area contributed by atoms with Gasteiger partial charge in [-0.25, -0.2) is 0 Å². The van der Waals surface area contributed by atoms with Gasteiger partial charge < -0.3 is 10.5 Å². The molecule has 2 aromatic carbocycles. The summed E-state index contributed by atoms with van der Waals surface area (Å²) in [5.74, 6) is -0.473. The molecule has 0 amide bonds. The zero-order valence-electron chi connectivity index (χ0n) is 11.8. The van der Waals surface area contributed by atoms with E-state index in [2.05, 4.69) is 4.74 Å². The van der Waals surface area contributed by atoms with Crippen LogP contribution in [-0.2, 0) is 16.0 Å². The molecule has 4 nitrogen and oxygen atoms in total. The predicted octanol–water partition coefficient (Wildman–Crippen LogP) is 1.96. The van der Waals surface area contributed by atoms with E-state index >= 15 is 0 Å². The average molecular weight is 283 g/mol. The maximum Gasteiger partial charge on any atom is 0.322 e. The molecule has 0 unspecified atom stereocenters. The molecule has 4 heteroatoms. The zero-order valence-corrected chi connectivity index (χ0v) is 11.8. The first-order valence-electron chi connectivity index (χ1n) is 6.64. The van der Waals surface area contributed by atoms with Crippen LogP contribution in [0.3, 0.4) is 0 Å². The number of nitrogens with two attached hydrogens (primary N) is 1. The zero-order chi connectivity index (χ0) is 15.2. The van der Waals surface area contributed by atoms with Crippen LogP contribution in [0, 0.1) is 0 Å². The molecule has 1 atom stereocenters. The second kappa shape index (κ2) is 6.81. The number of benzene rings is 2. The van der Waals surface area contributed by atoms with Gasteiger partial charge in [0.15, 0.2) is 5.78 Å². The summed E-state index contributed by atoms with van der Waals surface area (Å²) in [6.45, 7) is 0. The normalized spacial score (nSPS) is 11.7. The molecule has 0 aromatic heterocycles. The summed E-state index contributed by atoms with van der Waals surface area (Å²) in [5, 5.41) is 0. The highest BCUT2D eigenvalue weighted by Gasteiger charge is 2.14. The van der Waals surface area contributed by atoms with Crippen molar-refractivity contribution in [2.24, 2.45) is 5.73 Å². The third-order valence-corrected chi connectivity index (χ3v) is 3.21. The topological polar surface area (TPSA) is 69.4 Å². The molecule has 0 fully saturated rings. The Morgan fingerprint density at radius 1 is 1.00 bits per heavy atom. The lowest BCUT2D eigenvalue weighted by Gasteiger charge is -2.09. The highest BCUT2D eigenvalue weighted by Crippen LogP contribution is 2.12. The summed E-state index contributed by atoms with van der Waals surface area (Å²) in [5.41, 5.74) is 7.85. The number of ether oxygens (including phenoxy) is 1. The Balaban J connectivity index is 2.09. The van der Waals surface area contributed by atoms with Crippen molar-refractivity contribution in [3.63, 3.8) is 0 Å². The third kappa shape index (κ3) is 3.77. The van der Waals surface area contributed by atoms with Crippen molar-refractivity contribution in [1.29, 1.82) is 0 Å². The van der Waals surface area contributed by atoms with Crippen LogP contribution in [0.4, 0.5) is 0 Å². The number of rotatable bonds is 5. The SMILES string of the molecule is COC(=O)[C@@H](N)Cc1ccc(C(=O)c2ccccc2)cc1. The van der Waals surface area contributed by atoms with Crippen LogP contribution in [-0.4, -0.2) is 24.9 Å². The molecule has 0 saturated heterocycles. The molecule has 2 N–H and O–H groups in total. The van der Waals surface area contributed by atoms with Crippen LogP contribution in [0.25, 0.3) is 0 Å². The van der Waals surface area contributed by atoms with Gasteiger partial charge in [-0.1, -0.05) is 54.6 Å². The van der Waals surface area contributed by atoms with E-state index in [1.54, 1.807) is 36.4 Å². The molecule has 0 aliphatic heterocycles. The first-order valence-corrected chi connectivity index (χ1v) is 6.64. The van der Waals surface area contributed by atoms with E-state index in [1.165, 1.54) is 7.11 Å². The Morgan fingerprint density at radius 3 is 2.14 bits per heavy atom. The quantitative estimate of drug-likeness (QED) is 0.672. The van der Waals surface area contributed by atoms with Crippen molar-refractivity contribution < 1.29 is 14.3 Å². The summed E-state index contributed by atoms with van der Waals surface area (Å²) >= 11 is 0. The molecule has 0 bridgehead atoms. The van der Waals surface area contributed by atoms with Crippen LogP contribution >= 0.6 is 0 Å². The molecule has 2 aromatic rings. The Labute approximate surface area is 123 Å². The summed E-state index contributed by atoms with van der Waals surface area (Å²) in [6.07, 6.45) is 0.381. The van der Waals surface area contributed by atoms with E-state index in [0.717, 1.165) is 5.56 Å². The van der Waals surface area contributed by atoms with E-state index in [0.29, 0.717) is 17.5 Å². The van der Waals surface area contributed by atoms with Crippen molar-refractivity contribution >= 4 is 11.8 Å². The van der Waals surface area contributed by atoms with Crippen molar-refractivity contribution in [2.75, 3.05) is 7.11 Å². The number of carbonyl (C=O) groups is 2. The first kappa shape index (κ1) is 14.9. The predicted molar refractivity (Wildman–Crippen MR) is 80.0 cm³/mol. The van der Waals surface area contributed by atoms with Gasteiger partial charge in [-0.15, -0.1) is 0 Å². The maximum atomic E-state index is 12.2. The molecule has 0 heterocycles. The second-order valence-corrected chi connectivity index (χ2v) is 4.73. The summed E-state index contributed by atoms with van der Waals surface area (Å²) in [4.78, 5) is 23.5. The highest BCUT2D eigenvalue weighted by atomic mass is 16.5. The Morgan fingerprint density at radius 2 is 1.57 bits per heavy atom. The van der Waals surface area contributed by atoms with E-state index < -0.39 is 12.0 Å². The molecule has 0 aliphatic rings. The molecule has 0 aliphatic carbocycles. The minimum atomic E-state index is -0.689. The fourth-order valence-corrected chi connectivity index (χ4v) is 2.04. The number of esters is 1. The van der Waals surface area contributed by atoms with Crippen LogP contribution in [0.5, 0.6) is 0 Å². The molecule has 0 radical (unpaired) electrons. The Kier molecular flexibility index (Phi) is 4.85. The minimum Gasteiger partial charge on any atom is -0.468 e. The Hall–Kier alpha value is -2.46. The van der Waals surface area contributed by atoms with E-state index in [1.807, 2.05) is 18.2 Å². The van der Waals surface area contributed by atoms with Crippen molar-refractivity contribution in [3.05, 3.63) is 71.3 Å². The van der Waals surface area contributed by atoms with Crippen LogP contribution in [0.2, 0.25) is 0 Å². The number of carbonyl (C=O) groups excluding carboxylic acids is 2. The number of hydrogen-bond acceptors (Lipinski definition) is 4. The molecular formula is C17H17NO3. The minimum absolute atomic E-state index is 0.0283. The summed E-state index contributed by atoms with van der Waals surface area (Å²) in [7, 11) is 1.31. The summed E-state index contributed by atoms with van der Waals surface area (Å²) < 4.78 is 4.59. The first-order chi connectivity index (χ1) is 10.1. The third-order valence-electron chi connectivity index (χ3n) is 3.21. The van der Waals surface area contributed by atoms with Gasteiger partial charge in [0.05, 0.1) is 7.11 Å². The van der Waals surface area contributed by atoms with E-state index in [4.69, 9.17) is 5.73 Å². The molecule has 0 saturated carbocycles. The van der Waals surface area contributed by atoms with Crippen LogP contribution < -0.4 is 5.73 Å². The van der Waals surface area contributed by atoms with Gasteiger partial charge in [0.25, 0.3) is 0 Å².